The molecule has 1 aliphatic rings. The molecule has 1 aromatic heterocycles. The topological polar surface area (TPSA) is 38.1 Å². The Kier molecular flexibility index (Phi) is 2.91. The minimum Gasteiger partial charge on any atom is -0.379 e. The van der Waals surface area contributed by atoms with Crippen LogP contribution in [0.15, 0.2) is 30.5 Å². The number of nitrogens with zero attached hydrogens (tertiary/aromatic N) is 2. The molecule has 0 saturated carbocycles. The Morgan fingerprint density at radius 3 is 2.84 bits per heavy atom. The fraction of sp³-hybridized carbons (Fsp3) is 0.400. The second-order valence-electron chi connectivity index (χ2n) is 5.35. The van der Waals surface area contributed by atoms with Crippen molar-refractivity contribution >= 4 is 11.6 Å². The van der Waals surface area contributed by atoms with Gasteiger partial charge in [-0.05, 0) is 29.9 Å². The van der Waals surface area contributed by atoms with Gasteiger partial charge >= 0.3 is 0 Å². The first-order valence-electron chi connectivity index (χ1n) is 6.54. The number of hydrogen-bond acceptors (Lipinski definition) is 2. The molecule has 100 valence electrons. The smallest absolute Gasteiger partial charge is 0.133 e. The van der Waals surface area contributed by atoms with Crippen molar-refractivity contribution in [1.29, 1.82) is 0 Å². The summed E-state index contributed by atoms with van der Waals surface area (Å²) in [4.78, 5) is 0. The van der Waals surface area contributed by atoms with E-state index in [1.165, 1.54) is 5.56 Å². The highest BCUT2D eigenvalue weighted by molar-refractivity contribution is 6.31. The van der Waals surface area contributed by atoms with E-state index in [0.29, 0.717) is 23.1 Å². The third-order valence-electron chi connectivity index (χ3n) is 4.16. The van der Waals surface area contributed by atoms with E-state index in [1.54, 1.807) is 10.9 Å². The zero-order valence-corrected chi connectivity index (χ0v) is 11.9. The number of aromatic nitrogens is 2. The van der Waals surface area contributed by atoms with Crippen molar-refractivity contribution in [3.05, 3.63) is 52.3 Å². The number of hydrogen-bond donors (Lipinski definition) is 1. The van der Waals surface area contributed by atoms with E-state index in [4.69, 9.17) is 11.6 Å². The van der Waals surface area contributed by atoms with Gasteiger partial charge in [0.05, 0.1) is 16.9 Å². The Morgan fingerprint density at radius 1 is 1.42 bits per heavy atom. The van der Waals surface area contributed by atoms with E-state index in [2.05, 4.69) is 18.1 Å². The molecule has 2 unspecified atom stereocenters. The fourth-order valence-corrected chi connectivity index (χ4v) is 3.46. The summed E-state index contributed by atoms with van der Waals surface area (Å²) in [6.07, 6.45) is 3.20. The van der Waals surface area contributed by atoms with Gasteiger partial charge in [0.2, 0.25) is 0 Å². The van der Waals surface area contributed by atoms with Crippen LogP contribution in [-0.4, -0.2) is 14.9 Å². The van der Waals surface area contributed by atoms with Gasteiger partial charge in [0.1, 0.15) is 5.60 Å². The molecule has 2 atom stereocenters. The minimum absolute atomic E-state index is 0.462. The van der Waals surface area contributed by atoms with E-state index in [-0.39, 0.29) is 0 Å². The monoisotopic (exact) mass is 276 g/mol. The maximum absolute atomic E-state index is 11.2. The highest BCUT2D eigenvalue weighted by Crippen LogP contribution is 2.46. The number of benzene rings is 1. The van der Waals surface area contributed by atoms with Gasteiger partial charge in [-0.1, -0.05) is 42.8 Å². The summed E-state index contributed by atoms with van der Waals surface area (Å²) in [7, 11) is 1.82. The molecule has 1 N–H and O–H groups in total. The molecule has 0 bridgehead atoms. The normalized spacial score (nSPS) is 26.2. The molecule has 0 radical (unpaired) electrons. The lowest BCUT2D eigenvalue weighted by Crippen LogP contribution is -2.35. The molecule has 2 aromatic rings. The van der Waals surface area contributed by atoms with Crippen LogP contribution in [0.1, 0.15) is 42.5 Å². The zero-order chi connectivity index (χ0) is 13.6. The van der Waals surface area contributed by atoms with Crippen LogP contribution in [0.2, 0.25) is 5.02 Å². The molecule has 1 heterocycles. The van der Waals surface area contributed by atoms with E-state index >= 15 is 0 Å². The van der Waals surface area contributed by atoms with Crippen molar-refractivity contribution in [1.82, 2.24) is 9.78 Å². The third kappa shape index (κ3) is 1.80. The number of fused-ring (bicyclic) bond motifs is 1. The summed E-state index contributed by atoms with van der Waals surface area (Å²) in [6, 6.07) is 8.07. The molecule has 19 heavy (non-hydrogen) atoms. The summed E-state index contributed by atoms with van der Waals surface area (Å²) in [5.74, 6) is 0.462. The average Bonchev–Trinajstić information content (AvgIpc) is 2.75. The Morgan fingerprint density at radius 2 is 2.16 bits per heavy atom. The van der Waals surface area contributed by atoms with Gasteiger partial charge in [0.25, 0.3) is 0 Å². The lowest BCUT2D eigenvalue weighted by Gasteiger charge is -2.37. The first-order valence-corrected chi connectivity index (χ1v) is 6.91. The molecule has 4 heteroatoms. The summed E-state index contributed by atoms with van der Waals surface area (Å²) >= 11 is 6.23. The second kappa shape index (κ2) is 4.36. The SMILES string of the molecule is CC1CCC(O)(c2c(Cl)cnn2C)c2ccccc21. The molecule has 1 aromatic carbocycles. The van der Waals surface area contributed by atoms with Crippen LogP contribution < -0.4 is 0 Å². The molecule has 3 rings (SSSR count). The maximum Gasteiger partial charge on any atom is 0.133 e. The van der Waals surface area contributed by atoms with Crippen molar-refractivity contribution in [2.75, 3.05) is 0 Å². The lowest BCUT2D eigenvalue weighted by molar-refractivity contribution is 0.0498. The van der Waals surface area contributed by atoms with Crippen molar-refractivity contribution in [3.63, 3.8) is 0 Å². The molecular weight excluding hydrogens is 260 g/mol. The molecule has 3 nitrogen and oxygen atoms in total. The Hall–Kier alpha value is -1.32. The number of halogens is 1. The van der Waals surface area contributed by atoms with Gasteiger partial charge in [-0.25, -0.2) is 0 Å². The number of rotatable bonds is 1. The third-order valence-corrected chi connectivity index (χ3v) is 4.44. The van der Waals surface area contributed by atoms with E-state index in [9.17, 15) is 5.11 Å². The zero-order valence-electron chi connectivity index (χ0n) is 11.1. The summed E-state index contributed by atoms with van der Waals surface area (Å²) in [5.41, 5.74) is 1.81. The summed E-state index contributed by atoms with van der Waals surface area (Å²) < 4.78 is 1.68. The first-order chi connectivity index (χ1) is 9.04. The Balaban J connectivity index is 2.24. The van der Waals surface area contributed by atoms with Crippen molar-refractivity contribution in [2.45, 2.75) is 31.3 Å². The van der Waals surface area contributed by atoms with Gasteiger partial charge in [-0.15, -0.1) is 0 Å². The first kappa shape index (κ1) is 12.7. The largest absolute Gasteiger partial charge is 0.379 e. The van der Waals surface area contributed by atoms with Crippen LogP contribution in [0.3, 0.4) is 0 Å². The van der Waals surface area contributed by atoms with Crippen molar-refractivity contribution in [2.24, 2.45) is 7.05 Å². The minimum atomic E-state index is -1.04. The average molecular weight is 277 g/mol. The molecule has 0 amide bonds. The van der Waals surface area contributed by atoms with Gasteiger partial charge in [-0.2, -0.15) is 5.10 Å². The maximum atomic E-state index is 11.2. The number of aliphatic hydroxyl groups is 1. The Bertz CT molecular complexity index is 603. The van der Waals surface area contributed by atoms with Crippen LogP contribution in [0.5, 0.6) is 0 Å². The van der Waals surface area contributed by atoms with Gasteiger partial charge in [0, 0.05) is 7.05 Å². The van der Waals surface area contributed by atoms with Crippen LogP contribution in [0.4, 0.5) is 0 Å². The van der Waals surface area contributed by atoms with Crippen molar-refractivity contribution < 1.29 is 5.11 Å². The predicted molar refractivity (Wildman–Crippen MR) is 75.3 cm³/mol. The molecule has 0 spiro atoms. The molecule has 1 aliphatic carbocycles. The van der Waals surface area contributed by atoms with Gasteiger partial charge in [0.15, 0.2) is 0 Å². The van der Waals surface area contributed by atoms with Crippen LogP contribution >= 0.6 is 11.6 Å². The van der Waals surface area contributed by atoms with Crippen LogP contribution in [0.25, 0.3) is 0 Å². The van der Waals surface area contributed by atoms with E-state index in [1.807, 2.05) is 25.2 Å². The van der Waals surface area contributed by atoms with Gasteiger partial charge < -0.3 is 5.11 Å². The summed E-state index contributed by atoms with van der Waals surface area (Å²) in [6.45, 7) is 2.20. The molecule has 0 fully saturated rings. The highest BCUT2D eigenvalue weighted by Gasteiger charge is 2.41. The lowest BCUT2D eigenvalue weighted by atomic mass is 9.73. The van der Waals surface area contributed by atoms with E-state index in [0.717, 1.165) is 12.0 Å². The quantitative estimate of drug-likeness (QED) is 0.869. The highest BCUT2D eigenvalue weighted by atomic mass is 35.5. The molecular formula is C15H17ClN2O. The summed E-state index contributed by atoms with van der Waals surface area (Å²) in [5, 5.41) is 15.9. The van der Waals surface area contributed by atoms with Crippen molar-refractivity contribution in [3.8, 4) is 0 Å². The van der Waals surface area contributed by atoms with Crippen LogP contribution in [0, 0.1) is 0 Å². The Labute approximate surface area is 117 Å². The molecule has 0 aliphatic heterocycles. The second-order valence-corrected chi connectivity index (χ2v) is 5.76. The van der Waals surface area contributed by atoms with Gasteiger partial charge in [-0.3, -0.25) is 4.68 Å². The predicted octanol–water partition coefficient (Wildman–Crippen LogP) is 3.21. The number of aryl methyl sites for hydroxylation is 1. The molecule has 0 saturated heterocycles. The van der Waals surface area contributed by atoms with E-state index < -0.39 is 5.60 Å². The van der Waals surface area contributed by atoms with Crippen LogP contribution in [-0.2, 0) is 12.6 Å². The fourth-order valence-electron chi connectivity index (χ4n) is 3.14. The standard InChI is InChI=1S/C15H17ClN2O/c1-10-7-8-15(19,12-6-4-3-5-11(10)12)14-13(16)9-17-18(14)2/h3-6,9-10,19H,7-8H2,1-2H3.